The molecule has 0 unspecified atom stereocenters. The molecule has 2 aromatic rings. The Balaban J connectivity index is 2.52. The van der Waals surface area contributed by atoms with Crippen LogP contribution in [0.1, 0.15) is 25.1 Å². The summed E-state index contributed by atoms with van der Waals surface area (Å²) in [5, 5.41) is 5.05. The van der Waals surface area contributed by atoms with E-state index >= 15 is 0 Å². The monoisotopic (exact) mass is 204 g/mol. The maximum absolute atomic E-state index is 6.00. The Morgan fingerprint density at radius 3 is 2.80 bits per heavy atom. The third-order valence-electron chi connectivity index (χ3n) is 2.41. The second-order valence-electron chi connectivity index (χ2n) is 4.73. The third kappa shape index (κ3) is 2.02. The van der Waals surface area contributed by atoms with E-state index in [9.17, 15) is 0 Å². The lowest BCUT2D eigenvalue weighted by Gasteiger charge is -2.17. The Hall–Kier alpha value is -1.35. The average molecular weight is 204 g/mol. The molecule has 0 amide bonds. The molecular weight excluding hydrogens is 188 g/mol. The topological polar surface area (TPSA) is 52.0 Å². The Morgan fingerprint density at radius 1 is 1.40 bits per heavy atom. The number of benzene rings is 1. The summed E-state index contributed by atoms with van der Waals surface area (Å²) in [7, 11) is 0. The van der Waals surface area contributed by atoms with Crippen LogP contribution in [0.2, 0.25) is 0 Å². The highest BCUT2D eigenvalue weighted by molar-refractivity contribution is 5.82. The van der Waals surface area contributed by atoms with Gasteiger partial charge in [-0.15, -0.1) is 0 Å². The SMILES string of the molecule is Cc1noc2c(CC(C)(C)N)cccc12. The Morgan fingerprint density at radius 2 is 2.13 bits per heavy atom. The minimum atomic E-state index is -0.227. The molecule has 1 aromatic carbocycles. The molecule has 3 nitrogen and oxygen atoms in total. The van der Waals surface area contributed by atoms with Gasteiger partial charge in [-0.1, -0.05) is 17.3 Å². The molecule has 2 rings (SSSR count). The van der Waals surface area contributed by atoms with E-state index in [-0.39, 0.29) is 5.54 Å². The molecular formula is C12H16N2O. The molecule has 0 aliphatic carbocycles. The molecule has 0 bridgehead atoms. The van der Waals surface area contributed by atoms with E-state index in [1.807, 2.05) is 39.0 Å². The van der Waals surface area contributed by atoms with Gasteiger partial charge >= 0.3 is 0 Å². The van der Waals surface area contributed by atoms with Gasteiger partial charge in [0.25, 0.3) is 0 Å². The predicted molar refractivity (Wildman–Crippen MR) is 60.7 cm³/mol. The molecule has 1 heterocycles. The fourth-order valence-electron chi connectivity index (χ4n) is 1.77. The molecule has 0 aliphatic rings. The van der Waals surface area contributed by atoms with Crippen LogP contribution in [0.5, 0.6) is 0 Å². The van der Waals surface area contributed by atoms with Crippen molar-refractivity contribution < 1.29 is 4.52 Å². The van der Waals surface area contributed by atoms with Crippen LogP contribution in [0.3, 0.4) is 0 Å². The fourth-order valence-corrected chi connectivity index (χ4v) is 1.77. The lowest BCUT2D eigenvalue weighted by Crippen LogP contribution is -2.34. The summed E-state index contributed by atoms with van der Waals surface area (Å²) in [4.78, 5) is 0. The van der Waals surface area contributed by atoms with E-state index in [4.69, 9.17) is 10.3 Å². The van der Waals surface area contributed by atoms with E-state index in [2.05, 4.69) is 5.16 Å². The van der Waals surface area contributed by atoms with Crippen LogP contribution in [-0.2, 0) is 6.42 Å². The number of hydrogen-bond donors (Lipinski definition) is 1. The molecule has 2 N–H and O–H groups in total. The van der Waals surface area contributed by atoms with Gasteiger partial charge in [0.2, 0.25) is 0 Å². The summed E-state index contributed by atoms with van der Waals surface area (Å²) in [5.41, 5.74) is 8.70. The lowest BCUT2D eigenvalue weighted by atomic mass is 9.95. The van der Waals surface area contributed by atoms with Crippen molar-refractivity contribution >= 4 is 11.0 Å². The third-order valence-corrected chi connectivity index (χ3v) is 2.41. The number of nitrogens with zero attached hydrogens (tertiary/aromatic N) is 1. The Bertz CT molecular complexity index is 480. The molecule has 15 heavy (non-hydrogen) atoms. The Kier molecular flexibility index (Phi) is 2.27. The summed E-state index contributed by atoms with van der Waals surface area (Å²) >= 11 is 0. The highest BCUT2D eigenvalue weighted by Crippen LogP contribution is 2.24. The molecule has 0 saturated heterocycles. The van der Waals surface area contributed by atoms with Crippen LogP contribution < -0.4 is 5.73 Å². The normalized spacial score (nSPS) is 12.3. The number of nitrogens with two attached hydrogens (primary N) is 1. The lowest BCUT2D eigenvalue weighted by molar-refractivity contribution is 0.442. The highest BCUT2D eigenvalue weighted by Gasteiger charge is 2.16. The van der Waals surface area contributed by atoms with E-state index in [0.717, 1.165) is 28.6 Å². The molecule has 0 radical (unpaired) electrons. The van der Waals surface area contributed by atoms with E-state index < -0.39 is 0 Å². The number of hydrogen-bond acceptors (Lipinski definition) is 3. The van der Waals surface area contributed by atoms with Gasteiger partial charge in [-0.05, 0) is 33.3 Å². The zero-order valence-corrected chi connectivity index (χ0v) is 9.37. The summed E-state index contributed by atoms with van der Waals surface area (Å²) in [6.45, 7) is 5.97. The summed E-state index contributed by atoms with van der Waals surface area (Å²) in [5.74, 6) is 0. The average Bonchev–Trinajstić information content (AvgIpc) is 2.47. The molecule has 0 aliphatic heterocycles. The minimum absolute atomic E-state index is 0.227. The van der Waals surface area contributed by atoms with Crippen molar-refractivity contribution in [2.24, 2.45) is 5.73 Å². The maximum atomic E-state index is 6.00. The van der Waals surface area contributed by atoms with Crippen LogP contribution in [0, 0.1) is 6.92 Å². The molecule has 0 spiro atoms. The van der Waals surface area contributed by atoms with Gasteiger partial charge in [0.05, 0.1) is 5.69 Å². The van der Waals surface area contributed by atoms with E-state index in [1.54, 1.807) is 0 Å². The first kappa shape index (κ1) is 10.2. The van der Waals surface area contributed by atoms with Crippen LogP contribution in [0.15, 0.2) is 22.7 Å². The van der Waals surface area contributed by atoms with Crippen LogP contribution in [0.4, 0.5) is 0 Å². The summed E-state index contributed by atoms with van der Waals surface area (Å²) in [6, 6.07) is 6.09. The Labute approximate surface area is 89.2 Å². The number of aryl methyl sites for hydroxylation is 1. The van der Waals surface area contributed by atoms with Crippen molar-refractivity contribution in [1.82, 2.24) is 5.16 Å². The van der Waals surface area contributed by atoms with E-state index in [0.29, 0.717) is 0 Å². The van der Waals surface area contributed by atoms with Gasteiger partial charge in [0.1, 0.15) is 0 Å². The van der Waals surface area contributed by atoms with Crippen LogP contribution >= 0.6 is 0 Å². The zero-order valence-electron chi connectivity index (χ0n) is 9.37. The van der Waals surface area contributed by atoms with Crippen molar-refractivity contribution in [1.29, 1.82) is 0 Å². The first-order valence-corrected chi connectivity index (χ1v) is 5.10. The summed E-state index contributed by atoms with van der Waals surface area (Å²) < 4.78 is 5.32. The van der Waals surface area contributed by atoms with Gasteiger partial charge in [0.15, 0.2) is 5.58 Å². The quantitative estimate of drug-likeness (QED) is 0.817. The predicted octanol–water partition coefficient (Wildman–Crippen LogP) is 2.42. The number of para-hydroxylation sites is 1. The van der Waals surface area contributed by atoms with Gasteiger partial charge in [-0.3, -0.25) is 0 Å². The largest absolute Gasteiger partial charge is 0.356 e. The van der Waals surface area contributed by atoms with Crippen molar-refractivity contribution in [3.8, 4) is 0 Å². The molecule has 0 fully saturated rings. The summed E-state index contributed by atoms with van der Waals surface area (Å²) in [6.07, 6.45) is 0.791. The van der Waals surface area contributed by atoms with Crippen molar-refractivity contribution in [3.63, 3.8) is 0 Å². The van der Waals surface area contributed by atoms with Crippen LogP contribution in [0.25, 0.3) is 11.0 Å². The van der Waals surface area contributed by atoms with Crippen LogP contribution in [-0.4, -0.2) is 10.7 Å². The smallest absolute Gasteiger partial charge is 0.170 e. The number of aromatic nitrogens is 1. The van der Waals surface area contributed by atoms with Crippen molar-refractivity contribution in [3.05, 3.63) is 29.5 Å². The number of fused-ring (bicyclic) bond motifs is 1. The molecule has 80 valence electrons. The standard InChI is InChI=1S/C12H16N2O/c1-8-10-6-4-5-9(7-12(2,3)13)11(10)15-14-8/h4-6H,7,13H2,1-3H3. The fraction of sp³-hybridized carbons (Fsp3) is 0.417. The highest BCUT2D eigenvalue weighted by atomic mass is 16.5. The van der Waals surface area contributed by atoms with Crippen molar-refractivity contribution in [2.45, 2.75) is 32.7 Å². The van der Waals surface area contributed by atoms with Gasteiger partial charge < -0.3 is 10.3 Å². The zero-order chi connectivity index (χ0) is 11.1. The van der Waals surface area contributed by atoms with Gasteiger partial charge in [-0.25, -0.2) is 0 Å². The maximum Gasteiger partial charge on any atom is 0.170 e. The molecule has 0 saturated carbocycles. The van der Waals surface area contributed by atoms with Gasteiger partial charge in [-0.2, -0.15) is 0 Å². The molecule has 3 heteroatoms. The van der Waals surface area contributed by atoms with Gasteiger partial charge in [0, 0.05) is 16.5 Å². The second-order valence-corrected chi connectivity index (χ2v) is 4.73. The molecule has 0 atom stereocenters. The van der Waals surface area contributed by atoms with Crippen molar-refractivity contribution in [2.75, 3.05) is 0 Å². The first-order valence-electron chi connectivity index (χ1n) is 5.10. The number of rotatable bonds is 2. The first-order chi connectivity index (χ1) is 6.97. The molecule has 1 aromatic heterocycles. The second kappa shape index (κ2) is 3.35. The minimum Gasteiger partial charge on any atom is -0.356 e. The van der Waals surface area contributed by atoms with E-state index in [1.165, 1.54) is 0 Å².